The zero-order valence-electron chi connectivity index (χ0n) is 9.69. The zero-order chi connectivity index (χ0) is 11.4. The average Bonchev–Trinajstić information content (AvgIpc) is 2.60. The summed E-state index contributed by atoms with van der Waals surface area (Å²) in [6.07, 6.45) is 1.56. The van der Waals surface area contributed by atoms with Gasteiger partial charge in [0.1, 0.15) is 6.10 Å². The van der Waals surface area contributed by atoms with Gasteiger partial charge in [-0.05, 0) is 25.7 Å². The van der Waals surface area contributed by atoms with Crippen LogP contribution in [-0.2, 0) is 9.53 Å². The van der Waals surface area contributed by atoms with Gasteiger partial charge in [-0.25, -0.2) is 0 Å². The summed E-state index contributed by atoms with van der Waals surface area (Å²) >= 11 is 0. The molecule has 15 heavy (non-hydrogen) atoms. The minimum Gasteiger partial charge on any atom is -0.394 e. The highest BCUT2D eigenvalue weighted by molar-refractivity contribution is 5.81. The van der Waals surface area contributed by atoms with Gasteiger partial charge in [-0.15, -0.1) is 0 Å². The predicted molar refractivity (Wildman–Crippen MR) is 57.4 cm³/mol. The molecule has 3 atom stereocenters. The average molecular weight is 215 g/mol. The van der Waals surface area contributed by atoms with Crippen LogP contribution in [0.1, 0.15) is 33.6 Å². The normalized spacial score (nSPS) is 28.1. The van der Waals surface area contributed by atoms with Crippen molar-refractivity contribution in [1.29, 1.82) is 0 Å². The maximum atomic E-state index is 11.7. The van der Waals surface area contributed by atoms with E-state index in [4.69, 9.17) is 9.84 Å². The third-order valence-corrected chi connectivity index (χ3v) is 2.85. The molecule has 88 valence electrons. The maximum absolute atomic E-state index is 11.7. The third kappa shape index (κ3) is 3.47. The van der Waals surface area contributed by atoms with Gasteiger partial charge in [0.05, 0.1) is 18.8 Å². The highest BCUT2D eigenvalue weighted by Gasteiger charge is 2.29. The van der Waals surface area contributed by atoms with E-state index in [0.717, 1.165) is 12.8 Å². The van der Waals surface area contributed by atoms with Crippen LogP contribution in [0, 0.1) is 5.92 Å². The highest BCUT2D eigenvalue weighted by Crippen LogP contribution is 2.19. The van der Waals surface area contributed by atoms with Crippen molar-refractivity contribution in [2.24, 2.45) is 5.92 Å². The van der Waals surface area contributed by atoms with Gasteiger partial charge in [0, 0.05) is 0 Å². The van der Waals surface area contributed by atoms with E-state index in [-0.39, 0.29) is 36.7 Å². The van der Waals surface area contributed by atoms with E-state index in [1.165, 1.54) is 0 Å². The van der Waals surface area contributed by atoms with Crippen LogP contribution in [0.5, 0.6) is 0 Å². The van der Waals surface area contributed by atoms with Gasteiger partial charge in [0.25, 0.3) is 0 Å². The van der Waals surface area contributed by atoms with E-state index >= 15 is 0 Å². The number of hydrogen-bond donors (Lipinski definition) is 2. The van der Waals surface area contributed by atoms with Crippen molar-refractivity contribution in [3.05, 3.63) is 0 Å². The van der Waals surface area contributed by atoms with Gasteiger partial charge in [0.2, 0.25) is 5.91 Å². The van der Waals surface area contributed by atoms with Gasteiger partial charge in [-0.1, -0.05) is 13.8 Å². The molecule has 2 N–H and O–H groups in total. The molecule has 0 aromatic rings. The minimum atomic E-state index is -0.326. The number of aliphatic hydroxyl groups is 1. The quantitative estimate of drug-likeness (QED) is 0.725. The number of aliphatic hydroxyl groups excluding tert-OH is 1. The second-order valence-corrected chi connectivity index (χ2v) is 4.55. The number of rotatable bonds is 4. The second-order valence-electron chi connectivity index (χ2n) is 4.55. The molecule has 1 saturated heterocycles. The van der Waals surface area contributed by atoms with Crippen molar-refractivity contribution in [2.75, 3.05) is 6.61 Å². The lowest BCUT2D eigenvalue weighted by molar-refractivity contribution is -0.133. The molecule has 1 aliphatic rings. The van der Waals surface area contributed by atoms with Crippen LogP contribution in [0.15, 0.2) is 0 Å². The first kappa shape index (κ1) is 12.5. The van der Waals surface area contributed by atoms with Crippen molar-refractivity contribution >= 4 is 5.91 Å². The number of ether oxygens (including phenoxy) is 1. The first-order chi connectivity index (χ1) is 7.04. The summed E-state index contributed by atoms with van der Waals surface area (Å²) in [5.41, 5.74) is 0. The van der Waals surface area contributed by atoms with Gasteiger partial charge < -0.3 is 15.2 Å². The summed E-state index contributed by atoms with van der Waals surface area (Å²) in [5.74, 6) is 0.143. The fraction of sp³-hybridized carbons (Fsp3) is 0.909. The van der Waals surface area contributed by atoms with Crippen LogP contribution in [-0.4, -0.2) is 35.9 Å². The fourth-order valence-corrected chi connectivity index (χ4v) is 1.69. The molecule has 0 spiro atoms. The molecule has 4 nitrogen and oxygen atoms in total. The van der Waals surface area contributed by atoms with Gasteiger partial charge >= 0.3 is 0 Å². The Morgan fingerprint density at radius 2 is 2.20 bits per heavy atom. The monoisotopic (exact) mass is 215 g/mol. The van der Waals surface area contributed by atoms with E-state index in [1.807, 2.05) is 20.8 Å². The number of nitrogens with one attached hydrogen (secondary N) is 1. The van der Waals surface area contributed by atoms with E-state index in [0.29, 0.717) is 0 Å². The van der Waals surface area contributed by atoms with Crippen LogP contribution in [0.4, 0.5) is 0 Å². The van der Waals surface area contributed by atoms with Crippen LogP contribution >= 0.6 is 0 Å². The lowest BCUT2D eigenvalue weighted by atomic mass is 10.0. The molecule has 1 amide bonds. The lowest BCUT2D eigenvalue weighted by Crippen LogP contribution is -2.45. The molecule has 0 aliphatic carbocycles. The largest absolute Gasteiger partial charge is 0.394 e. The van der Waals surface area contributed by atoms with Crippen molar-refractivity contribution in [3.63, 3.8) is 0 Å². The molecule has 1 heterocycles. The molecule has 0 radical (unpaired) electrons. The molecular weight excluding hydrogens is 194 g/mol. The zero-order valence-corrected chi connectivity index (χ0v) is 9.69. The Morgan fingerprint density at radius 3 is 2.60 bits per heavy atom. The topological polar surface area (TPSA) is 58.6 Å². The van der Waals surface area contributed by atoms with Crippen LogP contribution < -0.4 is 5.32 Å². The van der Waals surface area contributed by atoms with Crippen molar-refractivity contribution in [1.82, 2.24) is 5.32 Å². The first-order valence-electron chi connectivity index (χ1n) is 5.61. The third-order valence-electron chi connectivity index (χ3n) is 2.85. The van der Waals surface area contributed by atoms with E-state index < -0.39 is 0 Å². The number of carbonyl (C=O) groups is 1. The van der Waals surface area contributed by atoms with E-state index in [1.54, 1.807) is 0 Å². The van der Waals surface area contributed by atoms with Gasteiger partial charge in [0.15, 0.2) is 0 Å². The summed E-state index contributed by atoms with van der Waals surface area (Å²) in [7, 11) is 0. The van der Waals surface area contributed by atoms with Crippen LogP contribution in [0.2, 0.25) is 0 Å². The summed E-state index contributed by atoms with van der Waals surface area (Å²) in [6, 6.07) is -0.169. The highest BCUT2D eigenvalue weighted by atomic mass is 16.5. The molecule has 1 rings (SSSR count). The Morgan fingerprint density at radius 1 is 1.53 bits per heavy atom. The Labute approximate surface area is 91.0 Å². The Kier molecular flexibility index (Phi) is 4.54. The smallest absolute Gasteiger partial charge is 0.249 e. The number of amides is 1. The predicted octanol–water partition coefficient (Wildman–Crippen LogP) is 0.687. The second kappa shape index (κ2) is 5.47. The molecule has 0 saturated carbocycles. The minimum absolute atomic E-state index is 0.0221. The first-order valence-corrected chi connectivity index (χ1v) is 5.61. The standard InChI is InChI=1S/C11H21NO3/c1-7(2)9(6-13)12-11(14)10-5-4-8(3)15-10/h7-10,13H,4-6H2,1-3H3,(H,12,14)/t8?,9-,10?/m1/s1. The van der Waals surface area contributed by atoms with Crippen molar-refractivity contribution in [3.8, 4) is 0 Å². The lowest BCUT2D eigenvalue weighted by Gasteiger charge is -2.21. The van der Waals surface area contributed by atoms with Crippen molar-refractivity contribution < 1.29 is 14.6 Å². The molecule has 1 aliphatic heterocycles. The number of hydrogen-bond acceptors (Lipinski definition) is 3. The fourth-order valence-electron chi connectivity index (χ4n) is 1.69. The Hall–Kier alpha value is -0.610. The van der Waals surface area contributed by atoms with Crippen LogP contribution in [0.25, 0.3) is 0 Å². The molecule has 1 fully saturated rings. The van der Waals surface area contributed by atoms with Crippen molar-refractivity contribution in [2.45, 2.75) is 51.9 Å². The molecular formula is C11H21NO3. The summed E-state index contributed by atoms with van der Waals surface area (Å²) in [5, 5.41) is 11.9. The molecule has 0 bridgehead atoms. The number of carbonyl (C=O) groups excluding carboxylic acids is 1. The molecule has 4 heteroatoms. The molecule has 0 aromatic heterocycles. The maximum Gasteiger partial charge on any atom is 0.249 e. The van der Waals surface area contributed by atoms with Crippen LogP contribution in [0.3, 0.4) is 0 Å². The van der Waals surface area contributed by atoms with E-state index in [2.05, 4.69) is 5.32 Å². The molecule has 2 unspecified atom stereocenters. The SMILES string of the molecule is CC1CCC(C(=O)N[C@H](CO)C(C)C)O1. The Balaban J connectivity index is 2.40. The summed E-state index contributed by atoms with van der Waals surface area (Å²) in [4.78, 5) is 11.7. The van der Waals surface area contributed by atoms with E-state index in [9.17, 15) is 4.79 Å². The Bertz CT molecular complexity index is 218. The summed E-state index contributed by atoms with van der Waals surface area (Å²) in [6.45, 7) is 5.89. The van der Waals surface area contributed by atoms with Gasteiger partial charge in [-0.3, -0.25) is 4.79 Å². The molecule has 0 aromatic carbocycles. The summed E-state index contributed by atoms with van der Waals surface area (Å²) < 4.78 is 5.45. The van der Waals surface area contributed by atoms with Gasteiger partial charge in [-0.2, -0.15) is 0 Å².